The van der Waals surface area contributed by atoms with Crippen LogP contribution in [-0.2, 0) is 5.41 Å². The Bertz CT molecular complexity index is 1090. The van der Waals surface area contributed by atoms with Gasteiger partial charge in [0.05, 0.1) is 9.85 Å². The molecule has 0 aliphatic carbocycles. The smallest absolute Gasteiger partial charge is 0.411 e. The van der Waals surface area contributed by atoms with Gasteiger partial charge in [-0.05, 0) is 0 Å². The van der Waals surface area contributed by atoms with Crippen molar-refractivity contribution in [2.45, 2.75) is 17.8 Å². The minimum Gasteiger partial charge on any atom is -0.500 e. The minimum atomic E-state index is -7.03. The zero-order chi connectivity index (χ0) is 25.8. The molecule has 0 atom stereocenters. The summed E-state index contributed by atoms with van der Waals surface area (Å²) in [6, 6.07) is -1.88. The normalized spacial score (nSPS) is 12.7. The van der Waals surface area contributed by atoms with E-state index in [-0.39, 0.29) is 0 Å². The summed E-state index contributed by atoms with van der Waals surface area (Å²) in [4.78, 5) is 17.9. The second kappa shape index (κ2) is 7.62. The van der Waals surface area contributed by atoms with Crippen molar-refractivity contribution in [2.75, 3.05) is 0 Å². The van der Waals surface area contributed by atoms with Crippen LogP contribution in [0, 0.1) is 43.5 Å². The van der Waals surface area contributed by atoms with Crippen LogP contribution in [0.1, 0.15) is 11.1 Å². The molecule has 8 nitrogen and oxygen atoms in total. The maximum atomic E-state index is 14.4. The third kappa shape index (κ3) is 3.50. The molecule has 0 saturated carbocycles. The van der Waals surface area contributed by atoms with Crippen molar-refractivity contribution >= 4 is 11.4 Å². The van der Waals surface area contributed by atoms with Gasteiger partial charge in [-0.3, -0.25) is 20.2 Å². The summed E-state index contributed by atoms with van der Waals surface area (Å²) in [7, 11) is 0. The summed E-state index contributed by atoms with van der Waals surface area (Å²) in [5, 5.41) is 40.1. The fourth-order valence-corrected chi connectivity index (χ4v) is 2.95. The van der Waals surface area contributed by atoms with Crippen LogP contribution in [0.5, 0.6) is 11.5 Å². The van der Waals surface area contributed by atoms with E-state index in [9.17, 15) is 74.3 Å². The molecule has 0 aliphatic heterocycles. The number of aromatic hydroxyl groups is 2. The van der Waals surface area contributed by atoms with Gasteiger partial charge in [-0.2, -0.15) is 35.1 Å². The predicted octanol–water partition coefficient (Wildman–Crippen LogP) is 4.88. The van der Waals surface area contributed by atoms with Crippen LogP contribution in [0.25, 0.3) is 0 Å². The lowest BCUT2D eigenvalue weighted by Crippen LogP contribution is -2.56. The number of phenolic OH excluding ortho intramolecular Hbond substituents is 2. The number of halogens is 10. The molecule has 2 N–H and O–H groups in total. The van der Waals surface area contributed by atoms with Gasteiger partial charge in [-0.1, -0.05) is 0 Å². The molecule has 33 heavy (non-hydrogen) atoms. The zero-order valence-electron chi connectivity index (χ0n) is 14.9. The summed E-state index contributed by atoms with van der Waals surface area (Å²) in [5.41, 5.74) is -16.8. The number of hydrogen-bond donors (Lipinski definition) is 2. The van der Waals surface area contributed by atoms with Gasteiger partial charge < -0.3 is 10.2 Å². The van der Waals surface area contributed by atoms with Crippen LogP contribution >= 0.6 is 0 Å². The van der Waals surface area contributed by atoms with Gasteiger partial charge in [0.25, 0.3) is 0 Å². The monoisotopic (exact) mass is 498 g/mol. The Morgan fingerprint density at radius 2 is 0.909 bits per heavy atom. The Balaban J connectivity index is 3.34. The van der Waals surface area contributed by atoms with Gasteiger partial charge in [-0.25, -0.2) is 8.78 Å². The Hall–Kier alpha value is -3.86. The first-order valence-corrected chi connectivity index (χ1v) is 7.67. The number of phenols is 2. The number of nitrogens with zero attached hydrogens (tertiary/aromatic N) is 2. The Morgan fingerprint density at radius 3 is 1.12 bits per heavy atom. The standard InChI is InChI=1S/C15H4F10N2O6/c16-7-3(1-5(26(30)31)11(28)9(7)18)13(14(20,21)22,15(23,24)25)4-2-6(27(32)33)12(29)10(19)8(4)17/h1-2,28-29H. The minimum absolute atomic E-state index is 0.940. The summed E-state index contributed by atoms with van der Waals surface area (Å²) >= 11 is 0. The molecule has 0 aromatic heterocycles. The number of nitro groups is 2. The number of alkyl halides is 6. The zero-order valence-corrected chi connectivity index (χ0v) is 14.9. The molecular weight excluding hydrogens is 494 g/mol. The molecule has 0 amide bonds. The predicted molar refractivity (Wildman–Crippen MR) is 82.2 cm³/mol. The topological polar surface area (TPSA) is 127 Å². The van der Waals surface area contributed by atoms with Crippen LogP contribution in [0.3, 0.4) is 0 Å². The first-order chi connectivity index (χ1) is 14.8. The molecule has 0 radical (unpaired) electrons. The van der Waals surface area contributed by atoms with Gasteiger partial charge in [0, 0.05) is 23.3 Å². The van der Waals surface area contributed by atoms with E-state index in [0.717, 1.165) is 0 Å². The lowest BCUT2D eigenvalue weighted by molar-refractivity contribution is -0.386. The van der Waals surface area contributed by atoms with Crippen molar-refractivity contribution in [1.82, 2.24) is 0 Å². The molecule has 0 heterocycles. The van der Waals surface area contributed by atoms with E-state index in [0.29, 0.717) is 0 Å². The van der Waals surface area contributed by atoms with E-state index in [4.69, 9.17) is 0 Å². The van der Waals surface area contributed by atoms with Gasteiger partial charge >= 0.3 is 23.7 Å². The maximum absolute atomic E-state index is 14.4. The molecule has 18 heteroatoms. The van der Waals surface area contributed by atoms with Crippen LogP contribution in [0.15, 0.2) is 12.1 Å². The van der Waals surface area contributed by atoms with E-state index in [1.54, 1.807) is 0 Å². The van der Waals surface area contributed by atoms with Crippen molar-refractivity contribution in [3.8, 4) is 11.5 Å². The molecule has 0 saturated heterocycles. The van der Waals surface area contributed by atoms with Gasteiger partial charge in [0.1, 0.15) is 0 Å². The van der Waals surface area contributed by atoms with Crippen molar-refractivity contribution in [1.29, 1.82) is 0 Å². The molecule has 180 valence electrons. The van der Waals surface area contributed by atoms with Gasteiger partial charge in [0.2, 0.25) is 28.5 Å². The second-order valence-electron chi connectivity index (χ2n) is 6.10. The molecule has 0 spiro atoms. The summed E-state index contributed by atoms with van der Waals surface area (Å²) < 4.78 is 140. The highest BCUT2D eigenvalue weighted by Crippen LogP contribution is 2.59. The van der Waals surface area contributed by atoms with Crippen LogP contribution < -0.4 is 0 Å². The third-order valence-corrected chi connectivity index (χ3v) is 4.37. The number of benzene rings is 2. The van der Waals surface area contributed by atoms with Crippen molar-refractivity contribution < 1.29 is 64.0 Å². The lowest BCUT2D eigenvalue weighted by Gasteiger charge is -2.38. The van der Waals surface area contributed by atoms with E-state index in [1.807, 2.05) is 0 Å². The third-order valence-electron chi connectivity index (χ3n) is 4.37. The molecule has 0 unspecified atom stereocenters. The first-order valence-electron chi connectivity index (χ1n) is 7.67. The first kappa shape index (κ1) is 25.4. The molecule has 2 aromatic carbocycles. The van der Waals surface area contributed by atoms with E-state index < -0.39 is 97.0 Å². The summed E-state index contributed by atoms with van der Waals surface area (Å²) in [5.74, 6) is -17.1. The maximum Gasteiger partial charge on any atom is 0.411 e. The van der Waals surface area contributed by atoms with Crippen LogP contribution in [-0.4, -0.2) is 32.4 Å². The highest BCUT2D eigenvalue weighted by atomic mass is 19.4. The van der Waals surface area contributed by atoms with Crippen molar-refractivity contribution in [3.63, 3.8) is 0 Å². The second-order valence-corrected chi connectivity index (χ2v) is 6.10. The van der Waals surface area contributed by atoms with Crippen LogP contribution in [0.4, 0.5) is 55.3 Å². The van der Waals surface area contributed by atoms with Gasteiger partial charge in [0.15, 0.2) is 11.6 Å². The lowest BCUT2D eigenvalue weighted by atomic mass is 9.71. The Labute approximate surface area is 172 Å². The molecule has 0 aliphatic rings. The van der Waals surface area contributed by atoms with E-state index >= 15 is 0 Å². The average molecular weight is 498 g/mol. The highest BCUT2D eigenvalue weighted by Gasteiger charge is 2.75. The Morgan fingerprint density at radius 1 is 0.636 bits per heavy atom. The quantitative estimate of drug-likeness (QED) is 0.352. The molecule has 0 bridgehead atoms. The molecule has 2 rings (SSSR count). The van der Waals surface area contributed by atoms with E-state index in [2.05, 4.69) is 0 Å². The molecular formula is C15H4F10N2O6. The number of rotatable bonds is 4. The fraction of sp³-hybridized carbons (Fsp3) is 0.200. The van der Waals surface area contributed by atoms with Crippen LogP contribution in [0.2, 0.25) is 0 Å². The number of hydrogen-bond acceptors (Lipinski definition) is 6. The SMILES string of the molecule is O=[N+]([O-])c1cc(C(c2cc([N+](=O)[O-])c(O)c(F)c2F)(C(F)(F)F)C(F)(F)F)c(F)c(F)c1O. The Kier molecular flexibility index (Phi) is 5.87. The summed E-state index contributed by atoms with van der Waals surface area (Å²) in [6.45, 7) is 0. The highest BCUT2D eigenvalue weighted by molar-refractivity contribution is 5.59. The molecule has 2 aromatic rings. The fourth-order valence-electron chi connectivity index (χ4n) is 2.95. The van der Waals surface area contributed by atoms with Crippen molar-refractivity contribution in [2.24, 2.45) is 0 Å². The van der Waals surface area contributed by atoms with Gasteiger partial charge in [-0.15, -0.1) is 0 Å². The van der Waals surface area contributed by atoms with Crippen molar-refractivity contribution in [3.05, 3.63) is 66.8 Å². The molecule has 0 fully saturated rings. The van der Waals surface area contributed by atoms with E-state index in [1.165, 1.54) is 0 Å². The summed E-state index contributed by atoms with van der Waals surface area (Å²) in [6.07, 6.45) is -14.1. The average Bonchev–Trinajstić information content (AvgIpc) is 2.65. The number of nitro benzene ring substituents is 2. The largest absolute Gasteiger partial charge is 0.500 e.